The van der Waals surface area contributed by atoms with Crippen LogP contribution in [0.3, 0.4) is 0 Å². The van der Waals surface area contributed by atoms with Crippen LogP contribution in [0.25, 0.3) is 33.8 Å². The molecule has 0 aliphatic heterocycles. The third kappa shape index (κ3) is 3.89. The highest BCUT2D eigenvalue weighted by molar-refractivity contribution is 5.73. The van der Waals surface area contributed by atoms with Crippen molar-refractivity contribution in [2.24, 2.45) is 0 Å². The summed E-state index contributed by atoms with van der Waals surface area (Å²) in [5, 5.41) is 0. The Morgan fingerprint density at radius 2 is 1.37 bits per heavy atom. The maximum absolute atomic E-state index is 14.2. The maximum atomic E-state index is 14.2. The fraction of sp³-hybridized carbons (Fsp3) is 0.286. The monoisotopic (exact) mass is 472 g/mol. The zero-order chi connectivity index (χ0) is 24.3. The van der Waals surface area contributed by atoms with Crippen LogP contribution in [-0.2, 0) is 6.18 Å². The van der Waals surface area contributed by atoms with Gasteiger partial charge in [0.05, 0.1) is 11.3 Å². The molecule has 4 nitrogen and oxygen atoms in total. The SMILES string of the molecule is Cc1nc(C)nc(-c2ccc(-c3cnc(-c4ccc5c(c4)C4CCC5C4)cc3C(F)(F)F)cc2)n1. The van der Waals surface area contributed by atoms with E-state index in [-0.39, 0.29) is 5.56 Å². The summed E-state index contributed by atoms with van der Waals surface area (Å²) in [7, 11) is 0. The molecule has 4 aromatic rings. The Morgan fingerprint density at radius 1 is 0.743 bits per heavy atom. The lowest BCUT2D eigenvalue weighted by atomic mass is 9.89. The van der Waals surface area contributed by atoms with E-state index < -0.39 is 11.7 Å². The molecule has 0 spiro atoms. The molecule has 2 aliphatic carbocycles. The lowest BCUT2D eigenvalue weighted by molar-refractivity contribution is -0.137. The van der Waals surface area contributed by atoms with Gasteiger partial charge in [0.15, 0.2) is 5.82 Å². The maximum Gasteiger partial charge on any atom is 0.417 e. The Balaban J connectivity index is 1.38. The second-order valence-electron chi connectivity index (χ2n) is 9.49. The van der Waals surface area contributed by atoms with E-state index in [0.717, 1.165) is 5.56 Å². The standard InChI is InChI=1S/C28H23F3N4/c1-15-33-16(2)35-27(34-15)18-5-3-17(4-6-18)24-14-32-26(13-25(24)28(29,30)31)21-9-10-22-19-7-8-20(11-19)23(22)12-21/h3-6,9-10,12-14,19-20H,7-8,11H2,1-2H3. The Bertz CT molecular complexity index is 1420. The quantitative estimate of drug-likeness (QED) is 0.315. The molecule has 0 radical (unpaired) electrons. The van der Waals surface area contributed by atoms with E-state index in [1.807, 2.05) is 6.07 Å². The first-order valence-corrected chi connectivity index (χ1v) is 11.8. The minimum Gasteiger partial charge on any atom is -0.256 e. The van der Waals surface area contributed by atoms with E-state index in [1.54, 1.807) is 38.1 Å². The molecule has 2 aromatic heterocycles. The van der Waals surface area contributed by atoms with Crippen LogP contribution in [0.1, 0.15) is 59.4 Å². The number of hydrogen-bond acceptors (Lipinski definition) is 4. The molecule has 7 heteroatoms. The minimum absolute atomic E-state index is 0.0519. The summed E-state index contributed by atoms with van der Waals surface area (Å²) in [4.78, 5) is 17.3. The summed E-state index contributed by atoms with van der Waals surface area (Å²) in [5.41, 5.74) is 4.25. The number of pyridine rings is 1. The van der Waals surface area contributed by atoms with Crippen LogP contribution in [0.5, 0.6) is 0 Å². The van der Waals surface area contributed by atoms with Crippen LogP contribution in [0.4, 0.5) is 13.2 Å². The van der Waals surface area contributed by atoms with E-state index in [1.165, 1.54) is 42.7 Å². The number of aromatic nitrogens is 4. The summed E-state index contributed by atoms with van der Waals surface area (Å²) >= 11 is 0. The molecule has 2 aromatic carbocycles. The van der Waals surface area contributed by atoms with Crippen LogP contribution < -0.4 is 0 Å². The summed E-state index contributed by atoms with van der Waals surface area (Å²) in [6.45, 7) is 3.56. The molecular weight excluding hydrogens is 449 g/mol. The second-order valence-corrected chi connectivity index (χ2v) is 9.49. The van der Waals surface area contributed by atoms with Crippen LogP contribution >= 0.6 is 0 Å². The Morgan fingerprint density at radius 3 is 2.06 bits per heavy atom. The van der Waals surface area contributed by atoms with Crippen molar-refractivity contribution in [1.29, 1.82) is 0 Å². The first-order valence-electron chi connectivity index (χ1n) is 11.8. The molecular formula is C28H23F3N4. The molecule has 6 rings (SSSR count). The van der Waals surface area contributed by atoms with Gasteiger partial charge in [-0.05, 0) is 73.8 Å². The molecule has 35 heavy (non-hydrogen) atoms. The molecule has 0 amide bonds. The molecule has 1 fully saturated rings. The van der Waals surface area contributed by atoms with Crippen molar-refractivity contribution in [3.05, 3.63) is 83.1 Å². The first-order chi connectivity index (χ1) is 16.8. The van der Waals surface area contributed by atoms with E-state index in [4.69, 9.17) is 0 Å². The number of alkyl halides is 3. The van der Waals surface area contributed by atoms with Crippen molar-refractivity contribution in [2.45, 2.75) is 51.1 Å². The summed E-state index contributed by atoms with van der Waals surface area (Å²) in [6, 6.07) is 14.0. The largest absolute Gasteiger partial charge is 0.417 e. The van der Waals surface area contributed by atoms with Crippen LogP contribution in [0, 0.1) is 13.8 Å². The second kappa shape index (κ2) is 7.97. The number of hydrogen-bond donors (Lipinski definition) is 0. The molecule has 2 atom stereocenters. The number of nitrogens with zero attached hydrogens (tertiary/aromatic N) is 4. The predicted octanol–water partition coefficient (Wildman–Crippen LogP) is 7.27. The fourth-order valence-corrected chi connectivity index (χ4v) is 5.63. The molecule has 1 saturated carbocycles. The van der Waals surface area contributed by atoms with Crippen molar-refractivity contribution >= 4 is 0 Å². The van der Waals surface area contributed by atoms with Crippen LogP contribution in [-0.4, -0.2) is 19.9 Å². The van der Waals surface area contributed by atoms with E-state index in [2.05, 4.69) is 32.1 Å². The Hall–Kier alpha value is -3.61. The topological polar surface area (TPSA) is 51.6 Å². The highest BCUT2D eigenvalue weighted by Crippen LogP contribution is 2.53. The van der Waals surface area contributed by atoms with Gasteiger partial charge in [0.2, 0.25) is 0 Å². The number of benzene rings is 2. The molecule has 0 saturated heterocycles. The van der Waals surface area contributed by atoms with Crippen molar-refractivity contribution in [3.8, 4) is 33.8 Å². The van der Waals surface area contributed by atoms with Gasteiger partial charge in [-0.25, -0.2) is 15.0 Å². The van der Waals surface area contributed by atoms with Gasteiger partial charge in [-0.3, -0.25) is 4.98 Å². The zero-order valence-corrected chi connectivity index (χ0v) is 19.4. The van der Waals surface area contributed by atoms with Crippen molar-refractivity contribution in [1.82, 2.24) is 19.9 Å². The molecule has 2 heterocycles. The Kier molecular flexibility index (Phi) is 4.99. The average Bonchev–Trinajstić information content (AvgIpc) is 3.45. The van der Waals surface area contributed by atoms with Crippen LogP contribution in [0.15, 0.2) is 54.7 Å². The van der Waals surface area contributed by atoms with Crippen molar-refractivity contribution in [3.63, 3.8) is 0 Å². The number of fused-ring (bicyclic) bond motifs is 5. The van der Waals surface area contributed by atoms with E-state index >= 15 is 0 Å². The summed E-state index contributed by atoms with van der Waals surface area (Å²) in [6.07, 6.45) is 0.376. The molecule has 0 N–H and O–H groups in total. The summed E-state index contributed by atoms with van der Waals surface area (Å²) < 4.78 is 42.5. The summed E-state index contributed by atoms with van der Waals surface area (Å²) in [5.74, 6) is 2.83. The van der Waals surface area contributed by atoms with E-state index in [9.17, 15) is 13.2 Å². The van der Waals surface area contributed by atoms with E-state index in [0.29, 0.717) is 46.1 Å². The average molecular weight is 473 g/mol. The normalized spacial score (nSPS) is 18.7. The zero-order valence-electron chi connectivity index (χ0n) is 19.4. The first kappa shape index (κ1) is 21.9. The predicted molar refractivity (Wildman–Crippen MR) is 128 cm³/mol. The van der Waals surface area contributed by atoms with Gasteiger partial charge in [0.1, 0.15) is 11.6 Å². The smallest absolute Gasteiger partial charge is 0.256 e. The number of aryl methyl sites for hydroxylation is 2. The highest BCUT2D eigenvalue weighted by atomic mass is 19.4. The van der Waals surface area contributed by atoms with Gasteiger partial charge < -0.3 is 0 Å². The Labute approximate surface area is 201 Å². The number of rotatable bonds is 3. The lowest BCUT2D eigenvalue weighted by Gasteiger charge is -2.17. The van der Waals surface area contributed by atoms with Gasteiger partial charge in [-0.15, -0.1) is 0 Å². The van der Waals surface area contributed by atoms with Gasteiger partial charge in [0, 0.05) is 22.9 Å². The highest BCUT2D eigenvalue weighted by Gasteiger charge is 2.37. The fourth-order valence-electron chi connectivity index (χ4n) is 5.63. The molecule has 2 bridgehead atoms. The third-order valence-electron chi connectivity index (χ3n) is 7.22. The van der Waals surface area contributed by atoms with Gasteiger partial charge in [-0.1, -0.05) is 36.4 Å². The third-order valence-corrected chi connectivity index (χ3v) is 7.22. The minimum atomic E-state index is -4.51. The number of halogens is 3. The lowest BCUT2D eigenvalue weighted by Crippen LogP contribution is -2.08. The molecule has 2 unspecified atom stereocenters. The van der Waals surface area contributed by atoms with Gasteiger partial charge in [0.25, 0.3) is 0 Å². The van der Waals surface area contributed by atoms with Gasteiger partial charge >= 0.3 is 6.18 Å². The van der Waals surface area contributed by atoms with Gasteiger partial charge in [-0.2, -0.15) is 13.2 Å². The van der Waals surface area contributed by atoms with Crippen molar-refractivity contribution < 1.29 is 13.2 Å². The van der Waals surface area contributed by atoms with Crippen molar-refractivity contribution in [2.75, 3.05) is 0 Å². The molecule has 176 valence electrons. The van der Waals surface area contributed by atoms with Crippen LogP contribution in [0.2, 0.25) is 0 Å². The molecule has 2 aliphatic rings.